The van der Waals surface area contributed by atoms with Crippen molar-refractivity contribution in [1.82, 2.24) is 4.98 Å². The number of rotatable bonds is 4. The van der Waals surface area contributed by atoms with E-state index in [1.807, 2.05) is 11.9 Å². The first-order chi connectivity index (χ1) is 10.0. The van der Waals surface area contributed by atoms with Crippen LogP contribution in [-0.2, 0) is 0 Å². The van der Waals surface area contributed by atoms with Gasteiger partial charge in [-0.1, -0.05) is 24.4 Å². The lowest BCUT2D eigenvalue weighted by Crippen LogP contribution is -2.34. The molecule has 0 spiro atoms. The lowest BCUT2D eigenvalue weighted by Gasteiger charge is -2.31. The van der Waals surface area contributed by atoms with Crippen molar-refractivity contribution in [2.24, 2.45) is 10.9 Å². The second-order valence-corrected chi connectivity index (χ2v) is 5.21. The fraction of sp³-hybridized carbons (Fsp3) is 0.538. The van der Waals surface area contributed by atoms with Gasteiger partial charge in [0.15, 0.2) is 5.84 Å². The summed E-state index contributed by atoms with van der Waals surface area (Å²) < 4.78 is 0. The van der Waals surface area contributed by atoms with E-state index in [1.165, 1.54) is 18.7 Å². The van der Waals surface area contributed by atoms with Crippen LogP contribution in [0.2, 0.25) is 0 Å². The summed E-state index contributed by atoms with van der Waals surface area (Å²) >= 11 is 0. The van der Waals surface area contributed by atoms with Crippen LogP contribution in [0.5, 0.6) is 0 Å². The van der Waals surface area contributed by atoms with Gasteiger partial charge in [0.05, 0.1) is 4.92 Å². The van der Waals surface area contributed by atoms with Crippen LogP contribution in [-0.4, -0.2) is 34.0 Å². The maximum absolute atomic E-state index is 11.3. The van der Waals surface area contributed by atoms with Gasteiger partial charge in [0.25, 0.3) is 0 Å². The number of aromatic nitrogens is 1. The number of pyridine rings is 1. The zero-order valence-corrected chi connectivity index (χ0v) is 11.9. The average Bonchev–Trinajstić information content (AvgIpc) is 2.53. The molecule has 1 aliphatic carbocycles. The summed E-state index contributed by atoms with van der Waals surface area (Å²) in [6.07, 6.45) is 6.88. The van der Waals surface area contributed by atoms with E-state index in [0.29, 0.717) is 5.82 Å². The number of hydrogen-bond donors (Lipinski definition) is 2. The van der Waals surface area contributed by atoms with E-state index >= 15 is 0 Å². The fourth-order valence-corrected chi connectivity index (χ4v) is 2.69. The monoisotopic (exact) mass is 293 g/mol. The van der Waals surface area contributed by atoms with E-state index in [9.17, 15) is 10.1 Å². The van der Waals surface area contributed by atoms with Crippen LogP contribution in [0.3, 0.4) is 0 Å². The molecule has 3 N–H and O–H groups in total. The Hall–Kier alpha value is -2.38. The maximum atomic E-state index is 11.3. The molecule has 1 heterocycles. The molecule has 1 fully saturated rings. The SMILES string of the molecule is CN(c1ncc(C(N)=NO)cc1[N+](=O)[O-])C1CCCCC1. The minimum absolute atomic E-state index is 0.132. The van der Waals surface area contributed by atoms with Crippen molar-refractivity contribution in [3.05, 3.63) is 27.9 Å². The molecule has 0 amide bonds. The molecule has 114 valence electrons. The fourth-order valence-electron chi connectivity index (χ4n) is 2.69. The third kappa shape index (κ3) is 3.21. The van der Waals surface area contributed by atoms with Gasteiger partial charge in [-0.3, -0.25) is 10.1 Å². The molecule has 0 atom stereocenters. The molecule has 8 nitrogen and oxygen atoms in total. The largest absolute Gasteiger partial charge is 0.409 e. The van der Waals surface area contributed by atoms with Crippen molar-refractivity contribution in [3.8, 4) is 0 Å². The molecule has 1 aliphatic rings. The zero-order valence-electron chi connectivity index (χ0n) is 11.9. The molecule has 1 saturated carbocycles. The van der Waals surface area contributed by atoms with Crippen LogP contribution < -0.4 is 10.6 Å². The smallest absolute Gasteiger partial charge is 0.312 e. The van der Waals surface area contributed by atoms with Gasteiger partial charge in [-0.25, -0.2) is 4.98 Å². The minimum Gasteiger partial charge on any atom is -0.409 e. The van der Waals surface area contributed by atoms with Crippen molar-refractivity contribution >= 4 is 17.3 Å². The summed E-state index contributed by atoms with van der Waals surface area (Å²) in [6, 6.07) is 1.55. The van der Waals surface area contributed by atoms with Gasteiger partial charge < -0.3 is 15.8 Å². The Bertz CT molecular complexity index is 555. The highest BCUT2D eigenvalue weighted by atomic mass is 16.6. The molecule has 1 aromatic heterocycles. The summed E-state index contributed by atoms with van der Waals surface area (Å²) in [5.41, 5.74) is 5.55. The highest BCUT2D eigenvalue weighted by Crippen LogP contribution is 2.31. The lowest BCUT2D eigenvalue weighted by atomic mass is 9.94. The van der Waals surface area contributed by atoms with Crippen LogP contribution in [0.1, 0.15) is 37.7 Å². The van der Waals surface area contributed by atoms with Crippen LogP contribution in [0, 0.1) is 10.1 Å². The first-order valence-corrected chi connectivity index (χ1v) is 6.89. The number of oxime groups is 1. The molecule has 0 aromatic carbocycles. The molecule has 2 rings (SSSR count). The number of anilines is 1. The Labute approximate surface area is 122 Å². The highest BCUT2D eigenvalue weighted by molar-refractivity contribution is 5.97. The standard InChI is InChI=1S/C13H19N5O3/c1-17(10-5-3-2-4-6-10)13-11(18(20)21)7-9(8-15-13)12(14)16-19/h7-8,10,19H,2-6H2,1H3,(H2,14,16). The first kappa shape index (κ1) is 15.0. The zero-order chi connectivity index (χ0) is 15.4. The van der Waals surface area contributed by atoms with Crippen molar-refractivity contribution in [1.29, 1.82) is 0 Å². The first-order valence-electron chi connectivity index (χ1n) is 6.89. The number of nitrogens with zero attached hydrogens (tertiary/aromatic N) is 4. The topological polar surface area (TPSA) is 118 Å². The number of nitrogens with two attached hydrogens (primary N) is 1. The van der Waals surface area contributed by atoms with Gasteiger partial charge >= 0.3 is 5.69 Å². The van der Waals surface area contributed by atoms with E-state index in [0.717, 1.165) is 25.7 Å². The van der Waals surface area contributed by atoms with Gasteiger partial charge in [0.2, 0.25) is 5.82 Å². The van der Waals surface area contributed by atoms with Crippen LogP contribution in [0.4, 0.5) is 11.5 Å². The lowest BCUT2D eigenvalue weighted by molar-refractivity contribution is -0.384. The van der Waals surface area contributed by atoms with Gasteiger partial charge in [0.1, 0.15) is 0 Å². The van der Waals surface area contributed by atoms with E-state index < -0.39 is 4.92 Å². The molecule has 0 aliphatic heterocycles. The van der Waals surface area contributed by atoms with Crippen molar-refractivity contribution in [3.63, 3.8) is 0 Å². The second kappa shape index (κ2) is 6.38. The highest BCUT2D eigenvalue weighted by Gasteiger charge is 2.26. The normalized spacial score (nSPS) is 16.7. The van der Waals surface area contributed by atoms with E-state index in [2.05, 4.69) is 10.1 Å². The van der Waals surface area contributed by atoms with Crippen molar-refractivity contribution in [2.75, 3.05) is 11.9 Å². The van der Waals surface area contributed by atoms with Gasteiger partial charge in [-0.05, 0) is 12.8 Å². The van der Waals surface area contributed by atoms with Crippen LogP contribution >= 0.6 is 0 Å². The number of hydrogen-bond acceptors (Lipinski definition) is 6. The van der Waals surface area contributed by atoms with E-state index in [1.54, 1.807) is 0 Å². The van der Waals surface area contributed by atoms with Gasteiger partial charge in [-0.15, -0.1) is 0 Å². The summed E-state index contributed by atoms with van der Waals surface area (Å²) in [7, 11) is 1.83. The van der Waals surface area contributed by atoms with E-state index in [-0.39, 0.29) is 23.1 Å². The predicted molar refractivity (Wildman–Crippen MR) is 78.7 cm³/mol. The van der Waals surface area contributed by atoms with Gasteiger partial charge in [-0.2, -0.15) is 0 Å². The Morgan fingerprint density at radius 2 is 2.19 bits per heavy atom. The second-order valence-electron chi connectivity index (χ2n) is 5.21. The number of amidine groups is 1. The Morgan fingerprint density at radius 3 is 2.76 bits per heavy atom. The van der Waals surface area contributed by atoms with E-state index in [4.69, 9.17) is 10.9 Å². The molecular formula is C13H19N5O3. The van der Waals surface area contributed by atoms with Crippen molar-refractivity contribution in [2.45, 2.75) is 38.1 Å². The molecule has 8 heteroatoms. The Kier molecular flexibility index (Phi) is 4.56. The quantitative estimate of drug-likeness (QED) is 0.287. The third-order valence-electron chi connectivity index (χ3n) is 3.90. The molecular weight excluding hydrogens is 274 g/mol. The molecule has 0 saturated heterocycles. The number of nitro groups is 1. The van der Waals surface area contributed by atoms with Crippen LogP contribution in [0.15, 0.2) is 17.4 Å². The molecule has 0 unspecified atom stereocenters. The molecule has 0 radical (unpaired) electrons. The molecule has 0 bridgehead atoms. The Morgan fingerprint density at radius 1 is 1.52 bits per heavy atom. The average molecular weight is 293 g/mol. The summed E-state index contributed by atoms with van der Waals surface area (Å²) in [5, 5.41) is 22.8. The van der Waals surface area contributed by atoms with Gasteiger partial charge in [0, 0.05) is 30.9 Å². The molecule has 21 heavy (non-hydrogen) atoms. The summed E-state index contributed by atoms with van der Waals surface area (Å²) in [5.74, 6) is 0.124. The predicted octanol–water partition coefficient (Wildman–Crippen LogP) is 1.85. The van der Waals surface area contributed by atoms with Crippen LogP contribution in [0.25, 0.3) is 0 Å². The minimum atomic E-state index is -0.490. The van der Waals surface area contributed by atoms with Crippen molar-refractivity contribution < 1.29 is 10.1 Å². The third-order valence-corrected chi connectivity index (χ3v) is 3.90. The molecule has 1 aromatic rings. The maximum Gasteiger partial charge on any atom is 0.312 e. The Balaban J connectivity index is 2.35. The summed E-state index contributed by atoms with van der Waals surface area (Å²) in [4.78, 5) is 16.8. The summed E-state index contributed by atoms with van der Waals surface area (Å²) in [6.45, 7) is 0.